The van der Waals surface area contributed by atoms with Crippen LogP contribution in [0.25, 0.3) is 0 Å². The van der Waals surface area contributed by atoms with Crippen molar-refractivity contribution in [2.75, 3.05) is 0 Å². The van der Waals surface area contributed by atoms with Crippen molar-refractivity contribution in [3.63, 3.8) is 0 Å². The molecule has 17 heavy (non-hydrogen) atoms. The van der Waals surface area contributed by atoms with Crippen molar-refractivity contribution in [3.05, 3.63) is 16.4 Å². The summed E-state index contributed by atoms with van der Waals surface area (Å²) in [6.07, 6.45) is 0.398. The molecule has 0 fully saturated rings. The Morgan fingerprint density at radius 2 is 2.06 bits per heavy atom. The van der Waals surface area contributed by atoms with Gasteiger partial charge in [0.2, 0.25) is 0 Å². The number of carbonyl (C=O) groups is 1. The van der Waals surface area contributed by atoms with Crippen LogP contribution >= 0.6 is 11.6 Å². The molecule has 1 aromatic heterocycles. The minimum atomic E-state index is -0.799. The van der Waals surface area contributed by atoms with Gasteiger partial charge in [-0.1, -0.05) is 32.4 Å². The molecular weight excluding hydrogens is 240 g/mol. The number of carboxylic acids is 1. The molecule has 0 saturated carbocycles. The summed E-state index contributed by atoms with van der Waals surface area (Å²) < 4.78 is 1.67. The summed E-state index contributed by atoms with van der Waals surface area (Å²) in [6.45, 7) is 7.58. The van der Waals surface area contributed by atoms with E-state index in [2.05, 4.69) is 5.10 Å². The van der Waals surface area contributed by atoms with Gasteiger partial charge in [-0.25, -0.2) is 0 Å². The van der Waals surface area contributed by atoms with Crippen LogP contribution in [0.15, 0.2) is 0 Å². The third-order valence-corrected chi connectivity index (χ3v) is 3.49. The number of rotatable bonds is 3. The molecule has 0 aromatic carbocycles. The van der Waals surface area contributed by atoms with Crippen molar-refractivity contribution in [1.29, 1.82) is 0 Å². The first-order valence-corrected chi connectivity index (χ1v) is 5.93. The molecule has 1 N–H and O–H groups in total. The Kier molecular flexibility index (Phi) is 3.87. The molecule has 0 bridgehead atoms. The minimum Gasteiger partial charge on any atom is -0.481 e. The average Bonchev–Trinajstić information content (AvgIpc) is 2.36. The molecule has 4 nitrogen and oxygen atoms in total. The summed E-state index contributed by atoms with van der Waals surface area (Å²) in [7, 11) is 1.79. The molecule has 0 amide bonds. The van der Waals surface area contributed by atoms with Crippen molar-refractivity contribution < 1.29 is 9.90 Å². The zero-order valence-corrected chi connectivity index (χ0v) is 11.7. The Hall–Kier alpha value is -1.03. The lowest BCUT2D eigenvalue weighted by molar-refractivity contribution is -0.145. The molecule has 0 saturated heterocycles. The Bertz CT molecular complexity index is 432. The van der Waals surface area contributed by atoms with Crippen molar-refractivity contribution >= 4 is 17.6 Å². The maximum absolute atomic E-state index is 11.3. The van der Waals surface area contributed by atoms with Crippen LogP contribution in [0, 0.1) is 18.3 Å². The number of aliphatic carboxylic acids is 1. The van der Waals surface area contributed by atoms with Crippen molar-refractivity contribution in [2.24, 2.45) is 18.4 Å². The van der Waals surface area contributed by atoms with E-state index in [4.69, 9.17) is 11.6 Å². The molecule has 0 aliphatic rings. The summed E-state index contributed by atoms with van der Waals surface area (Å²) in [4.78, 5) is 11.3. The standard InChI is InChI=1S/C12H19ClN2O2/c1-7-10(13)9(15(5)14-7)6-8(11(16)17)12(2,3)4/h8H,6H2,1-5H3,(H,16,17). The fourth-order valence-electron chi connectivity index (χ4n) is 1.86. The van der Waals surface area contributed by atoms with Gasteiger partial charge in [-0.3, -0.25) is 9.48 Å². The van der Waals surface area contributed by atoms with E-state index in [0.717, 1.165) is 11.4 Å². The van der Waals surface area contributed by atoms with Crippen molar-refractivity contribution in [2.45, 2.75) is 34.1 Å². The SMILES string of the molecule is Cc1nn(C)c(CC(C(=O)O)C(C)(C)C)c1Cl. The molecule has 1 atom stereocenters. The number of nitrogens with zero attached hydrogens (tertiary/aromatic N) is 2. The second-order valence-electron chi connectivity index (χ2n) is 5.43. The van der Waals surface area contributed by atoms with E-state index in [-0.39, 0.29) is 5.41 Å². The van der Waals surface area contributed by atoms with Crippen LogP contribution in [-0.2, 0) is 18.3 Å². The molecular formula is C12H19ClN2O2. The predicted octanol–water partition coefficient (Wildman–Crippen LogP) is 2.67. The summed E-state index contributed by atoms with van der Waals surface area (Å²) in [6, 6.07) is 0. The largest absolute Gasteiger partial charge is 0.481 e. The molecule has 0 aliphatic carbocycles. The lowest BCUT2D eigenvalue weighted by atomic mass is 9.78. The van der Waals surface area contributed by atoms with Gasteiger partial charge in [0.15, 0.2) is 0 Å². The van der Waals surface area contributed by atoms with Crippen LogP contribution < -0.4 is 0 Å². The first-order valence-electron chi connectivity index (χ1n) is 5.55. The van der Waals surface area contributed by atoms with E-state index >= 15 is 0 Å². The van der Waals surface area contributed by atoms with Crippen LogP contribution in [0.2, 0.25) is 5.02 Å². The summed E-state index contributed by atoms with van der Waals surface area (Å²) in [5, 5.41) is 14.1. The number of aromatic nitrogens is 2. The second-order valence-corrected chi connectivity index (χ2v) is 5.81. The van der Waals surface area contributed by atoms with Crippen LogP contribution in [0.3, 0.4) is 0 Å². The number of carboxylic acid groups (broad SMARTS) is 1. The van der Waals surface area contributed by atoms with Crippen LogP contribution in [0.4, 0.5) is 0 Å². The molecule has 1 aromatic rings. The second kappa shape index (κ2) is 4.69. The van der Waals surface area contributed by atoms with Gasteiger partial charge in [-0.05, 0) is 12.3 Å². The number of aryl methyl sites for hydroxylation is 2. The Balaban J connectivity index is 3.07. The van der Waals surface area contributed by atoms with Crippen LogP contribution in [0.5, 0.6) is 0 Å². The van der Waals surface area contributed by atoms with Gasteiger partial charge in [0, 0.05) is 13.5 Å². The predicted molar refractivity (Wildman–Crippen MR) is 67.2 cm³/mol. The Labute approximate surface area is 107 Å². The summed E-state index contributed by atoms with van der Waals surface area (Å²) >= 11 is 6.14. The highest BCUT2D eigenvalue weighted by atomic mass is 35.5. The molecule has 0 radical (unpaired) electrons. The number of halogens is 1. The lowest BCUT2D eigenvalue weighted by Gasteiger charge is -2.27. The minimum absolute atomic E-state index is 0.312. The van der Waals surface area contributed by atoms with E-state index in [1.54, 1.807) is 11.7 Å². The smallest absolute Gasteiger partial charge is 0.307 e. The number of hydrogen-bond donors (Lipinski definition) is 1. The van der Waals surface area contributed by atoms with Gasteiger partial charge >= 0.3 is 5.97 Å². The molecule has 1 rings (SSSR count). The molecule has 1 heterocycles. The molecule has 96 valence electrons. The highest BCUT2D eigenvalue weighted by molar-refractivity contribution is 6.31. The fraction of sp³-hybridized carbons (Fsp3) is 0.667. The van der Waals surface area contributed by atoms with Gasteiger partial charge in [0.25, 0.3) is 0 Å². The molecule has 0 spiro atoms. The lowest BCUT2D eigenvalue weighted by Crippen LogP contribution is -2.31. The van der Waals surface area contributed by atoms with Crippen LogP contribution in [0.1, 0.15) is 32.2 Å². The molecule has 0 aliphatic heterocycles. The number of hydrogen-bond acceptors (Lipinski definition) is 2. The van der Waals surface area contributed by atoms with E-state index < -0.39 is 11.9 Å². The summed E-state index contributed by atoms with van der Waals surface area (Å²) in [5.41, 5.74) is 1.21. The first-order chi connectivity index (χ1) is 7.64. The van der Waals surface area contributed by atoms with Crippen LogP contribution in [-0.4, -0.2) is 20.9 Å². The Morgan fingerprint density at radius 1 is 1.53 bits per heavy atom. The monoisotopic (exact) mass is 258 g/mol. The van der Waals surface area contributed by atoms with Gasteiger partial charge in [-0.2, -0.15) is 5.10 Å². The maximum atomic E-state index is 11.3. The topological polar surface area (TPSA) is 55.1 Å². The molecule has 1 unspecified atom stereocenters. The van der Waals surface area contributed by atoms with E-state index in [0.29, 0.717) is 11.4 Å². The summed E-state index contributed by atoms with van der Waals surface area (Å²) in [5.74, 6) is -1.28. The third-order valence-electron chi connectivity index (χ3n) is 3.00. The van der Waals surface area contributed by atoms with E-state index in [1.807, 2.05) is 27.7 Å². The fourth-order valence-corrected chi connectivity index (χ4v) is 2.10. The van der Waals surface area contributed by atoms with Crippen molar-refractivity contribution in [3.8, 4) is 0 Å². The highest BCUT2D eigenvalue weighted by Gasteiger charge is 2.33. The van der Waals surface area contributed by atoms with Gasteiger partial charge < -0.3 is 5.11 Å². The zero-order valence-electron chi connectivity index (χ0n) is 10.9. The van der Waals surface area contributed by atoms with Gasteiger partial charge in [0.05, 0.1) is 22.3 Å². The van der Waals surface area contributed by atoms with Gasteiger partial charge in [0.1, 0.15) is 0 Å². The van der Waals surface area contributed by atoms with Gasteiger partial charge in [-0.15, -0.1) is 0 Å². The van der Waals surface area contributed by atoms with E-state index in [9.17, 15) is 9.90 Å². The average molecular weight is 259 g/mol. The van der Waals surface area contributed by atoms with E-state index in [1.165, 1.54) is 0 Å². The zero-order chi connectivity index (χ0) is 13.4. The normalized spacial score (nSPS) is 13.8. The molecule has 5 heteroatoms. The third kappa shape index (κ3) is 3.00. The Morgan fingerprint density at radius 3 is 2.35 bits per heavy atom. The first kappa shape index (κ1) is 14.0. The van der Waals surface area contributed by atoms with Crippen molar-refractivity contribution in [1.82, 2.24) is 9.78 Å². The maximum Gasteiger partial charge on any atom is 0.307 e. The quantitative estimate of drug-likeness (QED) is 0.907. The highest BCUT2D eigenvalue weighted by Crippen LogP contribution is 2.32.